The van der Waals surface area contributed by atoms with Crippen molar-refractivity contribution < 1.29 is 9.53 Å². The predicted octanol–water partition coefficient (Wildman–Crippen LogP) is 2.66. The van der Waals surface area contributed by atoms with Gasteiger partial charge in [0.25, 0.3) is 0 Å². The molecule has 2 heterocycles. The molecule has 0 radical (unpaired) electrons. The van der Waals surface area contributed by atoms with Gasteiger partial charge in [0.1, 0.15) is 23.1 Å². The highest BCUT2D eigenvalue weighted by Gasteiger charge is 2.29. The number of hydrogen-bond donors (Lipinski definition) is 2. The van der Waals surface area contributed by atoms with Crippen molar-refractivity contribution in [2.24, 2.45) is 5.92 Å². The van der Waals surface area contributed by atoms with E-state index in [9.17, 15) is 4.79 Å². The molecule has 0 spiro atoms. The number of rotatable bonds is 5. The second-order valence-corrected chi connectivity index (χ2v) is 4.87. The first-order valence-electron chi connectivity index (χ1n) is 6.83. The zero-order valence-electron chi connectivity index (χ0n) is 11.7. The third-order valence-corrected chi connectivity index (χ3v) is 3.16. The second-order valence-electron chi connectivity index (χ2n) is 4.87. The van der Waals surface area contributed by atoms with Gasteiger partial charge in [0.05, 0.1) is 6.20 Å². The van der Waals surface area contributed by atoms with Crippen molar-refractivity contribution in [3.63, 3.8) is 0 Å². The number of nitrogens with one attached hydrogen (secondary N) is 2. The Morgan fingerprint density at radius 2 is 2.05 bits per heavy atom. The molecule has 21 heavy (non-hydrogen) atoms. The summed E-state index contributed by atoms with van der Waals surface area (Å²) in [6.45, 7) is 0. The van der Waals surface area contributed by atoms with Gasteiger partial charge in [0.15, 0.2) is 0 Å². The third kappa shape index (κ3) is 3.47. The molecule has 1 amide bonds. The van der Waals surface area contributed by atoms with E-state index in [1.54, 1.807) is 31.6 Å². The van der Waals surface area contributed by atoms with Crippen LogP contribution in [-0.4, -0.2) is 22.9 Å². The first-order valence-corrected chi connectivity index (χ1v) is 6.83. The second kappa shape index (κ2) is 5.78. The van der Waals surface area contributed by atoms with Crippen molar-refractivity contribution >= 4 is 17.5 Å². The van der Waals surface area contributed by atoms with Crippen molar-refractivity contribution in [2.45, 2.75) is 12.8 Å². The van der Waals surface area contributed by atoms with Gasteiger partial charge in [-0.1, -0.05) is 0 Å². The van der Waals surface area contributed by atoms with Gasteiger partial charge in [0, 0.05) is 25.2 Å². The third-order valence-electron chi connectivity index (χ3n) is 3.16. The van der Waals surface area contributed by atoms with E-state index in [1.165, 1.54) is 0 Å². The van der Waals surface area contributed by atoms with Crippen LogP contribution in [0.1, 0.15) is 12.8 Å². The number of amides is 1. The summed E-state index contributed by atoms with van der Waals surface area (Å²) in [5.74, 6) is 2.68. The standard InChI is InChI=1S/C15H16N4O2/c1-16-13-5-4-12(9-18-13)21-11-6-7-17-14(8-11)19-15(20)10-2-3-10/h4-10H,2-3H2,1H3,(H,16,18)(H,17,19,20). The number of hydrogen-bond acceptors (Lipinski definition) is 5. The van der Waals surface area contributed by atoms with Gasteiger partial charge in [-0.05, 0) is 31.0 Å². The Morgan fingerprint density at radius 3 is 2.71 bits per heavy atom. The Kier molecular flexibility index (Phi) is 3.68. The van der Waals surface area contributed by atoms with Crippen LogP contribution >= 0.6 is 0 Å². The molecule has 3 rings (SSSR count). The SMILES string of the molecule is CNc1ccc(Oc2ccnc(NC(=O)C3CC3)c2)cn1. The highest BCUT2D eigenvalue weighted by molar-refractivity contribution is 5.93. The molecule has 0 aromatic carbocycles. The summed E-state index contributed by atoms with van der Waals surface area (Å²) < 4.78 is 5.69. The van der Waals surface area contributed by atoms with Crippen molar-refractivity contribution in [3.05, 3.63) is 36.7 Å². The molecular formula is C15H16N4O2. The Hall–Kier alpha value is -2.63. The Balaban J connectivity index is 1.68. The molecule has 1 saturated carbocycles. The van der Waals surface area contributed by atoms with Gasteiger partial charge in [-0.3, -0.25) is 4.79 Å². The first kappa shape index (κ1) is 13.4. The fourth-order valence-corrected chi connectivity index (χ4v) is 1.84. The van der Waals surface area contributed by atoms with Crippen molar-refractivity contribution in [1.82, 2.24) is 9.97 Å². The van der Waals surface area contributed by atoms with E-state index < -0.39 is 0 Å². The van der Waals surface area contributed by atoms with Crippen molar-refractivity contribution in [2.75, 3.05) is 17.7 Å². The molecule has 2 aromatic rings. The lowest BCUT2D eigenvalue weighted by Crippen LogP contribution is -2.14. The smallest absolute Gasteiger partial charge is 0.228 e. The molecule has 108 valence electrons. The van der Waals surface area contributed by atoms with Gasteiger partial charge in [-0.2, -0.15) is 0 Å². The maximum absolute atomic E-state index is 11.7. The van der Waals surface area contributed by atoms with Crippen LogP contribution in [0.4, 0.5) is 11.6 Å². The molecule has 0 unspecified atom stereocenters. The lowest BCUT2D eigenvalue weighted by molar-refractivity contribution is -0.117. The van der Waals surface area contributed by atoms with Crippen LogP contribution in [0.2, 0.25) is 0 Å². The minimum absolute atomic E-state index is 0.0275. The van der Waals surface area contributed by atoms with E-state index in [0.29, 0.717) is 17.3 Å². The fraction of sp³-hybridized carbons (Fsp3) is 0.267. The maximum atomic E-state index is 11.7. The van der Waals surface area contributed by atoms with E-state index in [1.807, 2.05) is 12.1 Å². The zero-order valence-corrected chi connectivity index (χ0v) is 11.7. The normalized spacial score (nSPS) is 13.6. The number of nitrogens with zero attached hydrogens (tertiary/aromatic N) is 2. The maximum Gasteiger partial charge on any atom is 0.228 e. The average molecular weight is 284 g/mol. The molecule has 2 N–H and O–H groups in total. The first-order chi connectivity index (χ1) is 10.2. The van der Waals surface area contributed by atoms with Gasteiger partial charge in [-0.15, -0.1) is 0 Å². The molecule has 6 nitrogen and oxygen atoms in total. The summed E-state index contributed by atoms with van der Waals surface area (Å²) in [5.41, 5.74) is 0. The molecule has 6 heteroatoms. The summed E-state index contributed by atoms with van der Waals surface area (Å²) in [5, 5.41) is 5.73. The highest BCUT2D eigenvalue weighted by atomic mass is 16.5. The molecular weight excluding hydrogens is 268 g/mol. The van der Waals surface area contributed by atoms with E-state index in [2.05, 4.69) is 20.6 Å². The zero-order chi connectivity index (χ0) is 14.7. The summed E-state index contributed by atoms with van der Waals surface area (Å²) in [7, 11) is 1.81. The monoisotopic (exact) mass is 284 g/mol. The summed E-state index contributed by atoms with van der Waals surface area (Å²) in [6, 6.07) is 7.08. The Bertz CT molecular complexity index is 638. The van der Waals surface area contributed by atoms with Gasteiger partial charge in [0.2, 0.25) is 5.91 Å². The largest absolute Gasteiger partial charge is 0.456 e. The van der Waals surface area contributed by atoms with E-state index in [4.69, 9.17) is 4.74 Å². The number of pyridine rings is 2. The molecule has 0 atom stereocenters. The Morgan fingerprint density at radius 1 is 1.19 bits per heavy atom. The van der Waals surface area contributed by atoms with Crippen LogP contribution in [0.25, 0.3) is 0 Å². The van der Waals surface area contributed by atoms with Crippen LogP contribution in [-0.2, 0) is 4.79 Å². The number of carbonyl (C=O) groups is 1. The number of ether oxygens (including phenoxy) is 1. The van der Waals surface area contributed by atoms with Gasteiger partial charge < -0.3 is 15.4 Å². The van der Waals surface area contributed by atoms with Crippen molar-refractivity contribution in [3.8, 4) is 11.5 Å². The molecule has 0 saturated heterocycles. The quantitative estimate of drug-likeness (QED) is 0.882. The molecule has 2 aromatic heterocycles. The van der Waals surface area contributed by atoms with E-state index >= 15 is 0 Å². The number of aromatic nitrogens is 2. The Labute approximate surface area is 122 Å². The molecule has 0 bridgehead atoms. The molecule has 1 fully saturated rings. The van der Waals surface area contributed by atoms with E-state index in [0.717, 1.165) is 18.7 Å². The van der Waals surface area contributed by atoms with Crippen LogP contribution < -0.4 is 15.4 Å². The van der Waals surface area contributed by atoms with Gasteiger partial charge in [-0.25, -0.2) is 9.97 Å². The summed E-state index contributed by atoms with van der Waals surface area (Å²) in [6.07, 6.45) is 5.17. The topological polar surface area (TPSA) is 76.1 Å². The lowest BCUT2D eigenvalue weighted by Gasteiger charge is -2.08. The minimum atomic E-state index is 0.0275. The van der Waals surface area contributed by atoms with Gasteiger partial charge >= 0.3 is 0 Å². The molecule has 1 aliphatic rings. The number of anilines is 2. The van der Waals surface area contributed by atoms with Crippen LogP contribution in [0, 0.1) is 5.92 Å². The summed E-state index contributed by atoms with van der Waals surface area (Å²) >= 11 is 0. The minimum Gasteiger partial charge on any atom is -0.456 e. The summed E-state index contributed by atoms with van der Waals surface area (Å²) in [4.78, 5) is 20.0. The average Bonchev–Trinajstić information content (AvgIpc) is 3.33. The van der Waals surface area contributed by atoms with E-state index in [-0.39, 0.29) is 11.8 Å². The van der Waals surface area contributed by atoms with Crippen LogP contribution in [0.3, 0.4) is 0 Å². The molecule has 1 aliphatic carbocycles. The predicted molar refractivity (Wildman–Crippen MR) is 79.4 cm³/mol. The highest BCUT2D eigenvalue weighted by Crippen LogP contribution is 2.30. The lowest BCUT2D eigenvalue weighted by atomic mass is 10.3. The fourth-order valence-electron chi connectivity index (χ4n) is 1.84. The number of carbonyl (C=O) groups excluding carboxylic acids is 1. The van der Waals surface area contributed by atoms with Crippen molar-refractivity contribution in [1.29, 1.82) is 0 Å². The van der Waals surface area contributed by atoms with Crippen LogP contribution in [0.5, 0.6) is 11.5 Å². The molecule has 0 aliphatic heterocycles. The van der Waals surface area contributed by atoms with Crippen LogP contribution in [0.15, 0.2) is 36.7 Å².